The molecule has 1 N–H and O–H groups in total. The Hall–Kier alpha value is -1.03. The van der Waals surface area contributed by atoms with Crippen molar-refractivity contribution in [3.63, 3.8) is 0 Å². The van der Waals surface area contributed by atoms with E-state index in [-0.39, 0.29) is 0 Å². The Morgan fingerprint density at radius 2 is 1.48 bits per heavy atom. The number of hydrogen-bond acceptors (Lipinski definition) is 1. The van der Waals surface area contributed by atoms with E-state index < -0.39 is 12.2 Å². The molecule has 1 aromatic carbocycles. The predicted molar refractivity (Wildman–Crippen MR) is 81.7 cm³/mol. The Morgan fingerprint density at radius 3 is 1.81 bits per heavy atom. The summed E-state index contributed by atoms with van der Waals surface area (Å²) >= 11 is 0. The normalized spacial score (nSPS) is 13.5. The van der Waals surface area contributed by atoms with E-state index in [2.05, 4.69) is 5.32 Å². The topological polar surface area (TPSA) is 12.0 Å². The van der Waals surface area contributed by atoms with Gasteiger partial charge in [-0.05, 0) is 54.5 Å². The largest absolute Gasteiger partial charge is 0.407 e. The molecule has 0 saturated carbocycles. The van der Waals surface area contributed by atoms with E-state index in [1.165, 1.54) is 0 Å². The number of benzene rings is 1. The first kappa shape index (κ1) is 18.0. The second-order valence-corrected chi connectivity index (χ2v) is 5.32. The Bertz CT molecular complexity index is 427. The third-order valence-electron chi connectivity index (χ3n) is 3.80. The highest BCUT2D eigenvalue weighted by atomic mass is 19.4. The van der Waals surface area contributed by atoms with Crippen molar-refractivity contribution in [2.75, 3.05) is 6.54 Å². The molecule has 0 bridgehead atoms. The molecule has 120 valence electrons. The third-order valence-corrected chi connectivity index (χ3v) is 3.80. The minimum atomic E-state index is -4.27. The maximum atomic E-state index is 13.5. The van der Waals surface area contributed by atoms with E-state index in [0.717, 1.165) is 23.1 Å². The second-order valence-electron chi connectivity index (χ2n) is 5.32. The summed E-state index contributed by atoms with van der Waals surface area (Å²) in [7, 11) is 0. The highest BCUT2D eigenvalue weighted by Crippen LogP contribution is 2.37. The molecule has 0 aliphatic carbocycles. The second kappa shape index (κ2) is 7.83. The molecule has 1 aromatic rings. The summed E-state index contributed by atoms with van der Waals surface area (Å²) in [5.74, 6) is 0. The molecule has 21 heavy (non-hydrogen) atoms. The van der Waals surface area contributed by atoms with Crippen molar-refractivity contribution in [3.05, 3.63) is 34.4 Å². The van der Waals surface area contributed by atoms with Gasteiger partial charge in [-0.2, -0.15) is 13.2 Å². The molecule has 1 unspecified atom stereocenters. The van der Waals surface area contributed by atoms with Gasteiger partial charge in [-0.25, -0.2) is 0 Å². The molecular weight excluding hydrogens is 275 g/mol. The Balaban J connectivity index is 3.40. The van der Waals surface area contributed by atoms with E-state index in [9.17, 15) is 13.2 Å². The molecule has 0 fully saturated rings. The molecule has 0 aromatic heterocycles. The fraction of sp³-hybridized carbons (Fsp3) is 0.647. The van der Waals surface area contributed by atoms with Gasteiger partial charge in [0.1, 0.15) is 6.04 Å². The van der Waals surface area contributed by atoms with Gasteiger partial charge in [0, 0.05) is 0 Å². The molecule has 0 spiro atoms. The quantitative estimate of drug-likeness (QED) is 0.749. The summed E-state index contributed by atoms with van der Waals surface area (Å²) in [6.07, 6.45) is -1.49. The average Bonchev–Trinajstić information content (AvgIpc) is 2.45. The summed E-state index contributed by atoms with van der Waals surface area (Å²) in [4.78, 5) is 0. The van der Waals surface area contributed by atoms with Crippen molar-refractivity contribution in [2.24, 2.45) is 0 Å². The molecule has 0 saturated heterocycles. The van der Waals surface area contributed by atoms with E-state index in [0.29, 0.717) is 31.4 Å². The first-order chi connectivity index (χ1) is 9.88. The maximum absolute atomic E-state index is 13.5. The summed E-state index contributed by atoms with van der Waals surface area (Å²) in [5.41, 5.74) is 3.19. The van der Waals surface area contributed by atoms with Gasteiger partial charge in [-0.1, -0.05) is 39.8 Å². The van der Waals surface area contributed by atoms with E-state index in [1.807, 2.05) is 39.8 Å². The molecule has 0 radical (unpaired) electrons. The minimum absolute atomic E-state index is 0.367. The predicted octanol–water partition coefficient (Wildman–Crippen LogP) is 4.98. The smallest absolute Gasteiger partial charge is 0.302 e. The van der Waals surface area contributed by atoms with Gasteiger partial charge in [0.2, 0.25) is 0 Å². The zero-order chi connectivity index (χ0) is 16.0. The number of rotatable bonds is 7. The van der Waals surface area contributed by atoms with Gasteiger partial charge in [0.05, 0.1) is 0 Å². The van der Waals surface area contributed by atoms with E-state index >= 15 is 0 Å². The van der Waals surface area contributed by atoms with Crippen LogP contribution in [-0.4, -0.2) is 12.7 Å². The van der Waals surface area contributed by atoms with Crippen molar-refractivity contribution < 1.29 is 13.2 Å². The number of aryl methyl sites for hydroxylation is 3. The zero-order valence-corrected chi connectivity index (χ0v) is 13.4. The number of halogens is 3. The van der Waals surface area contributed by atoms with Gasteiger partial charge in [-0.3, -0.25) is 0 Å². The lowest BCUT2D eigenvalue weighted by molar-refractivity contribution is -0.158. The fourth-order valence-corrected chi connectivity index (χ4v) is 2.68. The lowest BCUT2D eigenvalue weighted by Gasteiger charge is -2.27. The van der Waals surface area contributed by atoms with Crippen LogP contribution in [0.15, 0.2) is 12.1 Å². The number of hydrogen-bond donors (Lipinski definition) is 1. The average molecular weight is 301 g/mol. The highest BCUT2D eigenvalue weighted by molar-refractivity contribution is 5.42. The Morgan fingerprint density at radius 1 is 0.952 bits per heavy atom. The van der Waals surface area contributed by atoms with Gasteiger partial charge in [0.25, 0.3) is 0 Å². The standard InChI is InChI=1S/C17H26F3N/c1-5-9-21-16(17(18,19)20)15-13(7-3)10-12(6-2)11-14(15)8-4/h10-11,16,21H,5-9H2,1-4H3. The summed E-state index contributed by atoms with van der Waals surface area (Å²) in [6, 6.07) is 2.30. The lowest BCUT2D eigenvalue weighted by Crippen LogP contribution is -2.36. The van der Waals surface area contributed by atoms with Crippen LogP contribution < -0.4 is 5.32 Å². The minimum Gasteiger partial charge on any atom is -0.302 e. The number of nitrogens with one attached hydrogen (secondary N) is 1. The van der Waals surface area contributed by atoms with Crippen LogP contribution in [0, 0.1) is 0 Å². The van der Waals surface area contributed by atoms with Gasteiger partial charge >= 0.3 is 6.18 Å². The zero-order valence-electron chi connectivity index (χ0n) is 13.4. The van der Waals surface area contributed by atoms with Crippen LogP contribution in [0.25, 0.3) is 0 Å². The third kappa shape index (κ3) is 4.47. The van der Waals surface area contributed by atoms with Crippen molar-refractivity contribution in [2.45, 2.75) is 65.6 Å². The Kier molecular flexibility index (Phi) is 6.72. The van der Waals surface area contributed by atoms with E-state index in [1.54, 1.807) is 0 Å². The highest BCUT2D eigenvalue weighted by Gasteiger charge is 2.42. The van der Waals surface area contributed by atoms with Gasteiger partial charge in [0.15, 0.2) is 0 Å². The van der Waals surface area contributed by atoms with Crippen LogP contribution in [0.1, 0.15) is 62.4 Å². The maximum Gasteiger partial charge on any atom is 0.407 e. The van der Waals surface area contributed by atoms with Crippen LogP contribution in [0.5, 0.6) is 0 Å². The molecular formula is C17H26F3N. The molecule has 0 amide bonds. The first-order valence-electron chi connectivity index (χ1n) is 7.83. The van der Waals surface area contributed by atoms with E-state index in [4.69, 9.17) is 0 Å². The van der Waals surface area contributed by atoms with Crippen LogP contribution in [0.3, 0.4) is 0 Å². The van der Waals surface area contributed by atoms with Gasteiger partial charge < -0.3 is 5.32 Å². The van der Waals surface area contributed by atoms with Crippen molar-refractivity contribution in [1.82, 2.24) is 5.32 Å². The Labute approximate surface area is 125 Å². The fourth-order valence-electron chi connectivity index (χ4n) is 2.68. The van der Waals surface area contributed by atoms with Crippen LogP contribution >= 0.6 is 0 Å². The van der Waals surface area contributed by atoms with Crippen molar-refractivity contribution in [1.29, 1.82) is 0 Å². The summed E-state index contributed by atoms with van der Waals surface area (Å²) in [6.45, 7) is 8.12. The van der Waals surface area contributed by atoms with Gasteiger partial charge in [-0.15, -0.1) is 0 Å². The molecule has 0 heterocycles. The summed E-state index contributed by atoms with van der Waals surface area (Å²) < 4.78 is 40.4. The number of alkyl halides is 3. The SMILES string of the molecule is CCCNC(c1c(CC)cc(CC)cc1CC)C(F)(F)F. The molecule has 0 aliphatic heterocycles. The van der Waals surface area contributed by atoms with Crippen LogP contribution in [0.2, 0.25) is 0 Å². The molecule has 0 aliphatic rings. The lowest BCUT2D eigenvalue weighted by atomic mass is 9.89. The first-order valence-corrected chi connectivity index (χ1v) is 7.83. The molecule has 1 atom stereocenters. The van der Waals surface area contributed by atoms with Crippen molar-refractivity contribution in [3.8, 4) is 0 Å². The monoisotopic (exact) mass is 301 g/mol. The van der Waals surface area contributed by atoms with Crippen LogP contribution in [-0.2, 0) is 19.3 Å². The summed E-state index contributed by atoms with van der Waals surface area (Å²) in [5, 5.41) is 2.69. The van der Waals surface area contributed by atoms with Crippen LogP contribution in [0.4, 0.5) is 13.2 Å². The molecule has 4 heteroatoms. The molecule has 1 nitrogen and oxygen atoms in total. The van der Waals surface area contributed by atoms with Crippen molar-refractivity contribution >= 4 is 0 Å². The molecule has 1 rings (SSSR count).